The van der Waals surface area contributed by atoms with E-state index >= 15 is 0 Å². The number of rotatable bonds is 0. The highest BCUT2D eigenvalue weighted by molar-refractivity contribution is 6.05. The van der Waals surface area contributed by atoms with Gasteiger partial charge in [-0.3, -0.25) is 4.79 Å². The van der Waals surface area contributed by atoms with Crippen LogP contribution in [0.3, 0.4) is 0 Å². The fourth-order valence-corrected chi connectivity index (χ4v) is 3.01. The maximum Gasteiger partial charge on any atom is 0.220 e. The highest BCUT2D eigenvalue weighted by atomic mass is 16.5. The van der Waals surface area contributed by atoms with Crippen molar-refractivity contribution in [1.82, 2.24) is 0 Å². The lowest BCUT2D eigenvalue weighted by Gasteiger charge is -2.35. The molecule has 4 nitrogen and oxygen atoms in total. The summed E-state index contributed by atoms with van der Waals surface area (Å²) in [4.78, 5) is 11.4. The Bertz CT molecular complexity index is 498. The summed E-state index contributed by atoms with van der Waals surface area (Å²) in [5, 5.41) is 20.0. The van der Waals surface area contributed by atoms with Crippen molar-refractivity contribution < 1.29 is 19.7 Å². The second-order valence-corrected chi connectivity index (χ2v) is 5.02. The van der Waals surface area contributed by atoms with E-state index in [9.17, 15) is 15.0 Å². The van der Waals surface area contributed by atoms with E-state index in [1.54, 1.807) is 0 Å². The van der Waals surface area contributed by atoms with Gasteiger partial charge in [-0.1, -0.05) is 6.92 Å². The average molecular weight is 234 g/mol. The maximum atomic E-state index is 11.4. The normalized spacial score (nSPS) is 36.4. The molecule has 0 bridgehead atoms. The van der Waals surface area contributed by atoms with E-state index in [0.29, 0.717) is 13.0 Å². The van der Waals surface area contributed by atoms with Crippen molar-refractivity contribution in [3.63, 3.8) is 0 Å². The van der Waals surface area contributed by atoms with Gasteiger partial charge in [0.05, 0.1) is 13.2 Å². The highest BCUT2D eigenvalue weighted by Gasteiger charge is 2.47. The number of hydrogen-bond acceptors (Lipinski definition) is 4. The highest BCUT2D eigenvalue weighted by Crippen LogP contribution is 2.47. The van der Waals surface area contributed by atoms with E-state index < -0.39 is 5.60 Å². The Kier molecular flexibility index (Phi) is 2.09. The molecule has 1 fully saturated rings. The first-order chi connectivity index (χ1) is 8.01. The summed E-state index contributed by atoms with van der Waals surface area (Å²) in [5.41, 5.74) is 1.53. The number of aliphatic hydroxyl groups is 2. The fourth-order valence-electron chi connectivity index (χ4n) is 3.01. The van der Waals surface area contributed by atoms with Gasteiger partial charge < -0.3 is 14.9 Å². The quantitative estimate of drug-likeness (QED) is 0.657. The predicted octanol–water partition coefficient (Wildman–Crippen LogP) is 1.04. The summed E-state index contributed by atoms with van der Waals surface area (Å²) in [6.45, 7) is 2.81. The molecule has 0 amide bonds. The molecule has 0 spiro atoms. The van der Waals surface area contributed by atoms with Crippen molar-refractivity contribution in [2.45, 2.75) is 18.9 Å². The molecule has 0 aromatic heterocycles. The molecule has 3 aliphatic rings. The Hall–Kier alpha value is -1.39. The van der Waals surface area contributed by atoms with Gasteiger partial charge in [0.15, 0.2) is 5.76 Å². The minimum Gasteiger partial charge on any atom is -0.504 e. The number of ketones is 1. The van der Waals surface area contributed by atoms with Crippen LogP contribution in [-0.4, -0.2) is 34.8 Å². The standard InChI is InChI=1S/C13H14O4/c1-7-5-17-6-13(16)4-8-2-10(14)11(15)3-9(8)12(7)13/h2-3,7,15-16H,4-6H2,1H3. The van der Waals surface area contributed by atoms with E-state index in [2.05, 4.69) is 0 Å². The monoisotopic (exact) mass is 234 g/mol. The molecule has 2 atom stereocenters. The molecule has 2 unspecified atom stereocenters. The van der Waals surface area contributed by atoms with Crippen LogP contribution in [0.5, 0.6) is 0 Å². The lowest BCUT2D eigenvalue weighted by atomic mass is 9.84. The average Bonchev–Trinajstić information content (AvgIpc) is 2.52. The van der Waals surface area contributed by atoms with E-state index in [1.165, 1.54) is 12.2 Å². The van der Waals surface area contributed by atoms with Crippen LogP contribution in [0.25, 0.3) is 0 Å². The number of carbonyl (C=O) groups excluding carboxylic acids is 1. The molecule has 4 heteroatoms. The SMILES string of the molecule is CC1COCC2(O)CC3=CC(=O)C(O)=CC3=C12. The molecule has 0 saturated carbocycles. The predicted molar refractivity (Wildman–Crippen MR) is 60.4 cm³/mol. The van der Waals surface area contributed by atoms with Gasteiger partial charge in [0, 0.05) is 12.3 Å². The van der Waals surface area contributed by atoms with Gasteiger partial charge in [0.1, 0.15) is 5.60 Å². The largest absolute Gasteiger partial charge is 0.504 e. The maximum absolute atomic E-state index is 11.4. The van der Waals surface area contributed by atoms with Gasteiger partial charge in [0.2, 0.25) is 5.78 Å². The number of fused-ring (bicyclic) bond motifs is 2. The van der Waals surface area contributed by atoms with E-state index in [4.69, 9.17) is 4.74 Å². The first-order valence-electron chi connectivity index (χ1n) is 5.72. The molecule has 17 heavy (non-hydrogen) atoms. The summed E-state index contributed by atoms with van der Waals surface area (Å²) in [6.07, 6.45) is 3.30. The van der Waals surface area contributed by atoms with Crippen molar-refractivity contribution in [3.8, 4) is 0 Å². The molecule has 3 rings (SSSR count). The molecule has 1 aliphatic heterocycles. The molecule has 0 radical (unpaired) electrons. The Morgan fingerprint density at radius 1 is 1.47 bits per heavy atom. The first kappa shape index (κ1) is 10.7. The zero-order valence-corrected chi connectivity index (χ0v) is 9.56. The number of ether oxygens (including phenoxy) is 1. The van der Waals surface area contributed by atoms with Crippen molar-refractivity contribution in [2.24, 2.45) is 5.92 Å². The van der Waals surface area contributed by atoms with Crippen LogP contribution in [0.4, 0.5) is 0 Å². The Morgan fingerprint density at radius 2 is 2.24 bits per heavy atom. The van der Waals surface area contributed by atoms with Gasteiger partial charge in [0.25, 0.3) is 0 Å². The molecule has 90 valence electrons. The van der Waals surface area contributed by atoms with E-state index in [0.717, 1.165) is 16.7 Å². The summed E-state index contributed by atoms with van der Waals surface area (Å²) in [6, 6.07) is 0. The van der Waals surface area contributed by atoms with Crippen LogP contribution in [0, 0.1) is 5.92 Å². The first-order valence-corrected chi connectivity index (χ1v) is 5.72. The van der Waals surface area contributed by atoms with Crippen LogP contribution in [0.2, 0.25) is 0 Å². The number of carbonyl (C=O) groups is 1. The Balaban J connectivity index is 2.17. The lowest BCUT2D eigenvalue weighted by molar-refractivity contribution is -0.113. The smallest absolute Gasteiger partial charge is 0.220 e. The van der Waals surface area contributed by atoms with Crippen LogP contribution in [0.15, 0.2) is 34.6 Å². The van der Waals surface area contributed by atoms with Gasteiger partial charge in [-0.2, -0.15) is 0 Å². The van der Waals surface area contributed by atoms with E-state index in [1.807, 2.05) is 6.92 Å². The Labute approximate surface area is 98.9 Å². The number of hydrogen-bond donors (Lipinski definition) is 2. The third kappa shape index (κ3) is 1.41. The summed E-state index contributed by atoms with van der Waals surface area (Å²) in [5.74, 6) is -0.536. The number of allylic oxidation sites excluding steroid dienone is 3. The third-order valence-corrected chi connectivity index (χ3v) is 3.66. The third-order valence-electron chi connectivity index (χ3n) is 3.66. The summed E-state index contributed by atoms with van der Waals surface area (Å²) < 4.78 is 5.38. The Morgan fingerprint density at radius 3 is 3.00 bits per heavy atom. The van der Waals surface area contributed by atoms with Crippen molar-refractivity contribution in [1.29, 1.82) is 0 Å². The van der Waals surface area contributed by atoms with Gasteiger partial charge >= 0.3 is 0 Å². The molecule has 2 aliphatic carbocycles. The van der Waals surface area contributed by atoms with Crippen LogP contribution in [0.1, 0.15) is 13.3 Å². The second-order valence-electron chi connectivity index (χ2n) is 5.02. The minimum atomic E-state index is -1.000. The minimum absolute atomic E-state index is 0.104. The zero-order valence-electron chi connectivity index (χ0n) is 9.56. The van der Waals surface area contributed by atoms with Gasteiger partial charge in [-0.05, 0) is 28.9 Å². The van der Waals surface area contributed by atoms with Gasteiger partial charge in [-0.15, -0.1) is 0 Å². The molecular weight excluding hydrogens is 220 g/mol. The molecular formula is C13H14O4. The number of aliphatic hydroxyl groups excluding tert-OH is 1. The molecule has 0 aromatic carbocycles. The van der Waals surface area contributed by atoms with Crippen molar-refractivity contribution in [2.75, 3.05) is 13.2 Å². The molecule has 0 aromatic rings. The molecule has 1 saturated heterocycles. The van der Waals surface area contributed by atoms with Crippen LogP contribution in [-0.2, 0) is 9.53 Å². The lowest BCUT2D eigenvalue weighted by Crippen LogP contribution is -2.42. The molecule has 2 N–H and O–H groups in total. The van der Waals surface area contributed by atoms with E-state index in [-0.39, 0.29) is 24.1 Å². The summed E-state index contributed by atoms with van der Waals surface area (Å²) >= 11 is 0. The zero-order chi connectivity index (χ0) is 12.2. The second kappa shape index (κ2) is 3.31. The van der Waals surface area contributed by atoms with Crippen molar-refractivity contribution in [3.05, 3.63) is 34.6 Å². The van der Waals surface area contributed by atoms with Crippen LogP contribution < -0.4 is 0 Å². The molecule has 1 heterocycles. The topological polar surface area (TPSA) is 66.8 Å². The summed E-state index contributed by atoms with van der Waals surface area (Å²) in [7, 11) is 0. The fraction of sp³-hybridized carbons (Fsp3) is 0.462. The van der Waals surface area contributed by atoms with Crippen molar-refractivity contribution >= 4 is 5.78 Å². The van der Waals surface area contributed by atoms with Gasteiger partial charge in [-0.25, -0.2) is 0 Å². The van der Waals surface area contributed by atoms with Crippen LogP contribution >= 0.6 is 0 Å².